The summed E-state index contributed by atoms with van der Waals surface area (Å²) in [4.78, 5) is 4.04. The van der Waals surface area contributed by atoms with Crippen molar-refractivity contribution < 1.29 is 0 Å². The molecule has 0 aromatic carbocycles. The number of nitrogen functional groups attached to an aromatic ring is 2. The van der Waals surface area contributed by atoms with Crippen LogP contribution in [0.2, 0.25) is 0 Å². The molecule has 0 unspecified atom stereocenters. The summed E-state index contributed by atoms with van der Waals surface area (Å²) in [6.45, 7) is 0. The molecule has 4 nitrogen and oxygen atoms in total. The Morgan fingerprint density at radius 3 is 3.00 bits per heavy atom. The van der Waals surface area contributed by atoms with E-state index >= 15 is 0 Å². The second-order valence-electron chi connectivity index (χ2n) is 2.39. The lowest BCUT2D eigenvalue weighted by Gasteiger charge is -1.98. The molecule has 2 aromatic rings. The zero-order valence-corrected chi connectivity index (χ0v) is 5.86. The number of rotatable bonds is 0. The molecule has 11 heavy (non-hydrogen) atoms. The molecule has 4 N–H and O–H groups in total. The lowest BCUT2D eigenvalue weighted by Crippen LogP contribution is -1.95. The first kappa shape index (κ1) is 6.03. The van der Waals surface area contributed by atoms with E-state index in [1.54, 1.807) is 22.9 Å². The van der Waals surface area contributed by atoms with E-state index in [1.165, 1.54) is 0 Å². The summed E-state index contributed by atoms with van der Waals surface area (Å²) in [7, 11) is 0. The number of fused-ring (bicyclic) bond motifs is 1. The number of pyridine rings is 1. The number of nitrogens with zero attached hydrogens (tertiary/aromatic N) is 2. The quantitative estimate of drug-likeness (QED) is 0.571. The van der Waals surface area contributed by atoms with Gasteiger partial charge in [-0.25, -0.2) is 4.98 Å². The van der Waals surface area contributed by atoms with E-state index < -0.39 is 0 Å². The van der Waals surface area contributed by atoms with Crippen LogP contribution in [-0.2, 0) is 0 Å². The minimum atomic E-state index is 0.606. The molecule has 56 valence electrons. The van der Waals surface area contributed by atoms with E-state index in [9.17, 15) is 0 Å². The minimum absolute atomic E-state index is 0.606. The van der Waals surface area contributed by atoms with Gasteiger partial charge in [0.15, 0.2) is 5.65 Å². The first-order valence-corrected chi connectivity index (χ1v) is 3.25. The molecule has 2 rings (SSSR count). The van der Waals surface area contributed by atoms with Crippen LogP contribution in [0, 0.1) is 0 Å². The molecule has 0 fully saturated rings. The van der Waals surface area contributed by atoms with Crippen LogP contribution < -0.4 is 11.5 Å². The fourth-order valence-electron chi connectivity index (χ4n) is 1.08. The lowest BCUT2D eigenvalue weighted by molar-refractivity contribution is 1.19. The molecule has 0 amide bonds. The highest BCUT2D eigenvalue weighted by atomic mass is 15.0. The second kappa shape index (κ2) is 1.88. The third-order valence-corrected chi connectivity index (χ3v) is 1.54. The van der Waals surface area contributed by atoms with Crippen molar-refractivity contribution in [2.45, 2.75) is 0 Å². The summed E-state index contributed by atoms with van der Waals surface area (Å²) in [6.07, 6.45) is 5.27. The summed E-state index contributed by atoms with van der Waals surface area (Å²) in [5.41, 5.74) is 13.2. The molecule has 2 heterocycles. The molecule has 0 radical (unpaired) electrons. The smallest absolute Gasteiger partial charge is 0.160 e. The molecular formula is C7H8N4. The van der Waals surface area contributed by atoms with Gasteiger partial charge in [0.1, 0.15) is 0 Å². The Morgan fingerprint density at radius 2 is 2.18 bits per heavy atom. The Hall–Kier alpha value is -1.71. The zero-order chi connectivity index (χ0) is 7.84. The second-order valence-corrected chi connectivity index (χ2v) is 2.39. The van der Waals surface area contributed by atoms with Crippen LogP contribution >= 0.6 is 0 Å². The van der Waals surface area contributed by atoms with Crippen molar-refractivity contribution in [3.63, 3.8) is 0 Å². The van der Waals surface area contributed by atoms with Gasteiger partial charge in [-0.3, -0.25) is 0 Å². The van der Waals surface area contributed by atoms with Crippen molar-refractivity contribution in [2.24, 2.45) is 0 Å². The fraction of sp³-hybridized carbons (Fsp3) is 0. The van der Waals surface area contributed by atoms with Gasteiger partial charge < -0.3 is 15.9 Å². The summed E-state index contributed by atoms with van der Waals surface area (Å²) >= 11 is 0. The highest BCUT2D eigenvalue weighted by Crippen LogP contribution is 2.14. The van der Waals surface area contributed by atoms with Crippen LogP contribution in [0.4, 0.5) is 11.4 Å². The van der Waals surface area contributed by atoms with Crippen molar-refractivity contribution >= 4 is 17.0 Å². The van der Waals surface area contributed by atoms with Crippen molar-refractivity contribution in [1.29, 1.82) is 0 Å². The normalized spacial score (nSPS) is 10.5. The van der Waals surface area contributed by atoms with E-state index in [0.29, 0.717) is 11.4 Å². The maximum atomic E-state index is 5.64. The number of hydrogen-bond donors (Lipinski definition) is 2. The third-order valence-electron chi connectivity index (χ3n) is 1.54. The largest absolute Gasteiger partial charge is 0.397 e. The van der Waals surface area contributed by atoms with E-state index in [-0.39, 0.29) is 0 Å². The lowest BCUT2D eigenvalue weighted by atomic mass is 10.4. The zero-order valence-electron chi connectivity index (χ0n) is 5.86. The number of aromatic nitrogens is 2. The van der Waals surface area contributed by atoms with Crippen LogP contribution in [0.25, 0.3) is 5.65 Å². The first-order chi connectivity index (χ1) is 5.27. The highest BCUT2D eigenvalue weighted by molar-refractivity contribution is 5.68. The van der Waals surface area contributed by atoms with Crippen LogP contribution in [-0.4, -0.2) is 9.38 Å². The molecule has 0 aliphatic rings. The summed E-state index contributed by atoms with van der Waals surface area (Å²) in [5.74, 6) is 0. The molecule has 2 aromatic heterocycles. The predicted octanol–water partition coefficient (Wildman–Crippen LogP) is 0.499. The number of hydrogen-bond acceptors (Lipinski definition) is 3. The van der Waals surface area contributed by atoms with Gasteiger partial charge in [0.25, 0.3) is 0 Å². The maximum Gasteiger partial charge on any atom is 0.160 e. The minimum Gasteiger partial charge on any atom is -0.397 e. The average molecular weight is 148 g/mol. The van der Waals surface area contributed by atoms with Gasteiger partial charge in [0.2, 0.25) is 0 Å². The molecular weight excluding hydrogens is 140 g/mol. The average Bonchev–Trinajstić information content (AvgIpc) is 2.34. The Morgan fingerprint density at radius 1 is 1.36 bits per heavy atom. The van der Waals surface area contributed by atoms with Gasteiger partial charge in [-0.2, -0.15) is 0 Å². The predicted molar refractivity (Wildman–Crippen MR) is 44.0 cm³/mol. The van der Waals surface area contributed by atoms with Gasteiger partial charge >= 0.3 is 0 Å². The van der Waals surface area contributed by atoms with Crippen LogP contribution in [0.15, 0.2) is 24.7 Å². The third kappa shape index (κ3) is 0.797. The van der Waals surface area contributed by atoms with Gasteiger partial charge in [-0.1, -0.05) is 0 Å². The SMILES string of the molecule is Nc1cc(N)c2nccn2c1. The molecule has 0 saturated heterocycles. The number of anilines is 2. The van der Waals surface area contributed by atoms with Gasteiger partial charge in [0, 0.05) is 18.6 Å². The first-order valence-electron chi connectivity index (χ1n) is 3.25. The van der Waals surface area contributed by atoms with Crippen molar-refractivity contribution in [1.82, 2.24) is 9.38 Å². The van der Waals surface area contributed by atoms with E-state index in [0.717, 1.165) is 5.65 Å². The van der Waals surface area contributed by atoms with Gasteiger partial charge in [-0.15, -0.1) is 0 Å². The van der Waals surface area contributed by atoms with Gasteiger partial charge in [0.05, 0.1) is 11.4 Å². The maximum absolute atomic E-state index is 5.64. The van der Waals surface area contributed by atoms with Crippen LogP contribution in [0.3, 0.4) is 0 Å². The topological polar surface area (TPSA) is 69.3 Å². The summed E-state index contributed by atoms with van der Waals surface area (Å²) in [5, 5.41) is 0. The Bertz CT molecular complexity index is 390. The number of nitrogens with two attached hydrogens (primary N) is 2. The Labute approximate surface area is 63.4 Å². The molecule has 4 heteroatoms. The molecule has 0 saturated carbocycles. The standard InChI is InChI=1S/C7H8N4/c8-5-3-6(9)7-10-1-2-11(7)4-5/h1-4H,8-9H2. The van der Waals surface area contributed by atoms with Gasteiger partial charge in [-0.05, 0) is 6.07 Å². The molecule has 0 atom stereocenters. The number of imidazole rings is 1. The Kier molecular flexibility index (Phi) is 1.03. The van der Waals surface area contributed by atoms with Crippen molar-refractivity contribution in [3.05, 3.63) is 24.7 Å². The van der Waals surface area contributed by atoms with E-state index in [4.69, 9.17) is 11.5 Å². The molecule has 0 aliphatic heterocycles. The molecule has 0 spiro atoms. The summed E-state index contributed by atoms with van der Waals surface area (Å²) < 4.78 is 1.80. The monoisotopic (exact) mass is 148 g/mol. The van der Waals surface area contributed by atoms with E-state index in [1.807, 2.05) is 6.20 Å². The van der Waals surface area contributed by atoms with E-state index in [2.05, 4.69) is 4.98 Å². The molecule has 0 bridgehead atoms. The Balaban J connectivity index is 2.91. The summed E-state index contributed by atoms with van der Waals surface area (Å²) in [6, 6.07) is 1.70. The highest BCUT2D eigenvalue weighted by Gasteiger charge is 1.98. The molecule has 0 aliphatic carbocycles. The van der Waals surface area contributed by atoms with Crippen molar-refractivity contribution in [3.8, 4) is 0 Å². The van der Waals surface area contributed by atoms with Crippen LogP contribution in [0.5, 0.6) is 0 Å². The van der Waals surface area contributed by atoms with Crippen molar-refractivity contribution in [2.75, 3.05) is 11.5 Å². The fourth-order valence-corrected chi connectivity index (χ4v) is 1.08. The van der Waals surface area contributed by atoms with Crippen LogP contribution in [0.1, 0.15) is 0 Å².